The third-order valence-electron chi connectivity index (χ3n) is 6.16. The van der Waals surface area contributed by atoms with E-state index >= 15 is 0 Å². The molecule has 0 spiro atoms. The molecule has 0 saturated carbocycles. The Morgan fingerprint density at radius 2 is 1.91 bits per heavy atom. The number of carboxylic acid groups (broad SMARTS) is 1. The van der Waals surface area contributed by atoms with Crippen molar-refractivity contribution >= 4 is 5.97 Å². The van der Waals surface area contributed by atoms with Gasteiger partial charge in [-0.3, -0.25) is 4.79 Å². The second-order valence-electron chi connectivity index (χ2n) is 9.53. The lowest BCUT2D eigenvalue weighted by molar-refractivity contribution is -0.138. The number of rotatable bonds is 11. The number of nitrogens with two attached hydrogens (primary N) is 1. The van der Waals surface area contributed by atoms with Crippen LogP contribution in [-0.4, -0.2) is 47.0 Å². The monoisotopic (exact) mass is 451 g/mol. The molecule has 33 heavy (non-hydrogen) atoms. The number of fused-ring (bicyclic) bond motifs is 1. The largest absolute Gasteiger partial charge is 0.489 e. The summed E-state index contributed by atoms with van der Waals surface area (Å²) >= 11 is 0. The lowest BCUT2D eigenvalue weighted by Crippen LogP contribution is -2.46. The number of aliphatic hydroxyl groups excluding tert-OH is 1. The van der Waals surface area contributed by atoms with Crippen LogP contribution in [0.15, 0.2) is 42.5 Å². The lowest BCUT2D eigenvalue weighted by Gasteiger charge is -2.30. The average molecular weight is 452 g/mol. The van der Waals surface area contributed by atoms with Gasteiger partial charge in [-0.05, 0) is 68.2 Å². The molecule has 0 unspecified atom stereocenters. The Morgan fingerprint density at radius 1 is 1.24 bits per heavy atom. The van der Waals surface area contributed by atoms with Gasteiger partial charge >= 0.3 is 5.97 Å². The fourth-order valence-electron chi connectivity index (χ4n) is 4.55. The van der Waals surface area contributed by atoms with Gasteiger partial charge in [0, 0.05) is 12.1 Å². The van der Waals surface area contributed by atoms with Crippen molar-refractivity contribution in [1.29, 1.82) is 5.26 Å². The summed E-state index contributed by atoms with van der Waals surface area (Å²) in [5.41, 5.74) is 9.10. The summed E-state index contributed by atoms with van der Waals surface area (Å²) < 4.78 is 5.71. The van der Waals surface area contributed by atoms with E-state index in [0.29, 0.717) is 23.8 Å². The van der Waals surface area contributed by atoms with Crippen LogP contribution in [0.5, 0.6) is 5.75 Å². The lowest BCUT2D eigenvalue weighted by atomic mass is 9.88. The number of nitrogens with one attached hydrogen (secondary N) is 1. The molecule has 5 N–H and O–H groups in total. The Bertz CT molecular complexity index is 990. The van der Waals surface area contributed by atoms with Crippen LogP contribution in [0.3, 0.4) is 0 Å². The van der Waals surface area contributed by atoms with Crippen molar-refractivity contribution in [2.45, 2.75) is 57.2 Å². The zero-order valence-corrected chi connectivity index (χ0v) is 19.3. The third kappa shape index (κ3) is 6.78. The zero-order valence-electron chi connectivity index (χ0n) is 19.3. The molecule has 3 rings (SSSR count). The van der Waals surface area contributed by atoms with Crippen LogP contribution >= 0.6 is 0 Å². The highest BCUT2D eigenvalue weighted by atomic mass is 16.5. The van der Waals surface area contributed by atoms with Crippen molar-refractivity contribution < 1.29 is 19.7 Å². The third-order valence-corrected chi connectivity index (χ3v) is 6.16. The van der Waals surface area contributed by atoms with Crippen LogP contribution in [0.1, 0.15) is 42.5 Å². The number of nitriles is 1. The van der Waals surface area contributed by atoms with Gasteiger partial charge in [-0.15, -0.1) is 0 Å². The summed E-state index contributed by atoms with van der Waals surface area (Å²) in [7, 11) is 0. The van der Waals surface area contributed by atoms with E-state index in [9.17, 15) is 15.2 Å². The summed E-state index contributed by atoms with van der Waals surface area (Å²) in [4.78, 5) is 11.0. The first-order valence-electron chi connectivity index (χ1n) is 11.3. The van der Waals surface area contributed by atoms with Gasteiger partial charge in [0.1, 0.15) is 30.6 Å². The predicted molar refractivity (Wildman–Crippen MR) is 126 cm³/mol. The van der Waals surface area contributed by atoms with Crippen molar-refractivity contribution in [3.63, 3.8) is 0 Å². The first-order valence-corrected chi connectivity index (χ1v) is 11.3. The molecule has 0 aromatic heterocycles. The number of benzene rings is 2. The molecule has 0 fully saturated rings. The van der Waals surface area contributed by atoms with Crippen LogP contribution in [0, 0.1) is 17.2 Å². The molecule has 1 aliphatic rings. The minimum absolute atomic E-state index is 0.0149. The molecule has 1 aliphatic carbocycles. The van der Waals surface area contributed by atoms with E-state index in [2.05, 4.69) is 49.5 Å². The Morgan fingerprint density at radius 3 is 2.52 bits per heavy atom. The number of aliphatic carboxylic acids is 1. The van der Waals surface area contributed by atoms with Crippen molar-refractivity contribution in [2.75, 3.05) is 13.2 Å². The van der Waals surface area contributed by atoms with Gasteiger partial charge in [-0.25, -0.2) is 0 Å². The number of aliphatic hydroxyl groups is 1. The Balaban J connectivity index is 1.49. The van der Waals surface area contributed by atoms with Gasteiger partial charge in [0.15, 0.2) is 0 Å². The SMILES string of the molecule is CC(C)(CC1Cc2ccccc2C1)NC[C@H](O)COc1cccc(C[C@H](N)C(=O)O)c1C#N. The van der Waals surface area contributed by atoms with Crippen molar-refractivity contribution in [3.05, 3.63) is 64.7 Å². The van der Waals surface area contributed by atoms with E-state index in [1.807, 2.05) is 0 Å². The van der Waals surface area contributed by atoms with Crippen LogP contribution in [0.4, 0.5) is 0 Å². The smallest absolute Gasteiger partial charge is 0.320 e. The highest BCUT2D eigenvalue weighted by Gasteiger charge is 2.28. The maximum Gasteiger partial charge on any atom is 0.320 e. The zero-order chi connectivity index (χ0) is 24.0. The topological polar surface area (TPSA) is 129 Å². The van der Waals surface area contributed by atoms with Crippen LogP contribution in [-0.2, 0) is 24.1 Å². The summed E-state index contributed by atoms with van der Waals surface area (Å²) in [5.74, 6) is -0.234. The molecule has 0 bridgehead atoms. The molecular formula is C26H33N3O4. The minimum Gasteiger partial charge on any atom is -0.489 e. The highest BCUT2D eigenvalue weighted by molar-refractivity contribution is 5.73. The second kappa shape index (κ2) is 10.8. The van der Waals surface area contributed by atoms with E-state index in [4.69, 9.17) is 15.6 Å². The van der Waals surface area contributed by atoms with E-state index in [-0.39, 0.29) is 24.1 Å². The number of hydrogen-bond acceptors (Lipinski definition) is 6. The van der Waals surface area contributed by atoms with Gasteiger partial charge in [-0.2, -0.15) is 5.26 Å². The Kier molecular flexibility index (Phi) is 8.09. The van der Waals surface area contributed by atoms with Crippen LogP contribution < -0.4 is 15.8 Å². The average Bonchev–Trinajstić information content (AvgIpc) is 3.17. The van der Waals surface area contributed by atoms with Crippen molar-refractivity contribution in [3.8, 4) is 11.8 Å². The highest BCUT2D eigenvalue weighted by Crippen LogP contribution is 2.32. The minimum atomic E-state index is -1.13. The van der Waals surface area contributed by atoms with Crippen molar-refractivity contribution in [2.24, 2.45) is 11.7 Å². The number of nitrogens with zero attached hydrogens (tertiary/aromatic N) is 1. The van der Waals surface area contributed by atoms with Gasteiger partial charge in [0.2, 0.25) is 0 Å². The van der Waals surface area contributed by atoms with E-state index < -0.39 is 18.1 Å². The number of ether oxygens (including phenoxy) is 1. The maximum atomic E-state index is 11.0. The molecule has 0 heterocycles. The quantitative estimate of drug-likeness (QED) is 0.413. The van der Waals surface area contributed by atoms with Gasteiger partial charge < -0.3 is 26.0 Å². The number of β-amino-alcohol motifs (C(OH)–C–C–N with tert-alkyl or cyclic N) is 1. The molecule has 0 saturated heterocycles. The van der Waals surface area contributed by atoms with E-state index in [1.54, 1.807) is 18.2 Å². The molecule has 0 radical (unpaired) electrons. The first-order chi connectivity index (χ1) is 15.7. The predicted octanol–water partition coefficient (Wildman–Crippen LogP) is 2.43. The summed E-state index contributed by atoms with van der Waals surface area (Å²) in [5, 5.41) is 32.5. The molecule has 7 heteroatoms. The molecule has 7 nitrogen and oxygen atoms in total. The van der Waals surface area contributed by atoms with E-state index in [1.165, 1.54) is 11.1 Å². The molecule has 2 atom stereocenters. The number of carboxylic acids is 1. The molecule has 2 aromatic carbocycles. The summed E-state index contributed by atoms with van der Waals surface area (Å²) in [6.07, 6.45) is 2.44. The number of carbonyl (C=O) groups is 1. The van der Waals surface area contributed by atoms with Gasteiger partial charge in [-0.1, -0.05) is 36.4 Å². The maximum absolute atomic E-state index is 11.0. The Hall–Kier alpha value is -2.92. The van der Waals surface area contributed by atoms with Crippen LogP contribution in [0.2, 0.25) is 0 Å². The second-order valence-corrected chi connectivity index (χ2v) is 9.53. The van der Waals surface area contributed by atoms with Crippen molar-refractivity contribution in [1.82, 2.24) is 5.32 Å². The fourth-order valence-corrected chi connectivity index (χ4v) is 4.55. The van der Waals surface area contributed by atoms with Gasteiger partial charge in [0.25, 0.3) is 0 Å². The molecule has 176 valence electrons. The Labute approximate surface area is 195 Å². The summed E-state index contributed by atoms with van der Waals surface area (Å²) in [6.45, 7) is 4.66. The van der Waals surface area contributed by atoms with Gasteiger partial charge in [0.05, 0.1) is 5.56 Å². The molecule has 0 amide bonds. The normalized spacial score (nSPS) is 15.5. The molecule has 0 aliphatic heterocycles. The molecule has 2 aromatic rings. The van der Waals surface area contributed by atoms with Crippen LogP contribution in [0.25, 0.3) is 0 Å². The molecular weight excluding hydrogens is 418 g/mol. The fraction of sp³-hybridized carbons (Fsp3) is 0.462. The standard InChI is InChI=1S/C26H33N3O4/c1-26(2,13-17-10-18-6-3-4-7-19(18)11-17)29-15-21(30)16-33-24-9-5-8-20(22(24)14-27)12-23(28)25(31)32/h3-9,17,21,23,29-30H,10-13,15-16,28H2,1-2H3,(H,31,32)/t21-,23-/m0/s1. The summed E-state index contributed by atoms with van der Waals surface area (Å²) in [6, 6.07) is 14.5. The first kappa shape index (κ1) is 24.7. The van der Waals surface area contributed by atoms with E-state index in [0.717, 1.165) is 19.3 Å². The number of hydrogen-bond donors (Lipinski definition) is 4.